The lowest BCUT2D eigenvalue weighted by Crippen LogP contribution is -2.62. The summed E-state index contributed by atoms with van der Waals surface area (Å²) in [6.45, 7) is 13.9. The third kappa shape index (κ3) is 15.5. The molecule has 0 radical (unpaired) electrons. The van der Waals surface area contributed by atoms with E-state index in [2.05, 4.69) is 42.5 Å². The molecule has 0 saturated carbocycles. The van der Waals surface area contributed by atoms with Crippen LogP contribution in [0.4, 0.5) is 0 Å². The Morgan fingerprint density at radius 2 is 0.974 bits per heavy atom. The smallest absolute Gasteiger partial charge is 0.333 e. The van der Waals surface area contributed by atoms with Gasteiger partial charge in [0.15, 0.2) is 12.1 Å². The second kappa shape index (κ2) is 26.9. The van der Waals surface area contributed by atoms with Gasteiger partial charge in [-0.05, 0) is 87.0 Å². The molecule has 11 unspecified atom stereocenters. The van der Waals surface area contributed by atoms with Crippen molar-refractivity contribution >= 4 is 53.3 Å². The van der Waals surface area contributed by atoms with Crippen molar-refractivity contribution in [2.45, 2.75) is 135 Å². The first-order valence-electron chi connectivity index (χ1n) is 26.0. The number of esters is 2. The van der Waals surface area contributed by atoms with Gasteiger partial charge in [0.1, 0.15) is 18.3 Å². The Hall–Kier alpha value is -7.27. The van der Waals surface area contributed by atoms with Crippen LogP contribution in [0, 0.1) is 10.8 Å². The lowest BCUT2D eigenvalue weighted by molar-refractivity contribution is -0.147. The molecule has 0 aromatic heterocycles. The van der Waals surface area contributed by atoms with Gasteiger partial charge >= 0.3 is 11.9 Å². The topological polar surface area (TPSA) is 295 Å². The van der Waals surface area contributed by atoms with Crippen LogP contribution in [0.15, 0.2) is 84.9 Å². The van der Waals surface area contributed by atoms with Crippen molar-refractivity contribution in [1.82, 2.24) is 52.3 Å². The Balaban J connectivity index is 1.36. The number of hydrogen-bond acceptors (Lipinski definition) is 15. The quantitative estimate of drug-likeness (QED) is 0.0678. The number of nitrogens with one attached hydrogen (secondary N) is 8. The molecular formula is C56H78N10O12. The molecule has 2 fully saturated rings. The average molecular weight is 1080 g/mol. The molecule has 2 saturated heterocycles. The fraction of sp³-hybridized carbons (Fsp3) is 0.518. The van der Waals surface area contributed by atoms with Crippen molar-refractivity contribution in [3.05, 3.63) is 107 Å². The molecule has 9 N–H and O–H groups in total. The number of carbonyl (C=O) groups excluding carboxylic acids is 9. The minimum atomic E-state index is -1.45. The standard InChI is InChI=1S/C56H78N10O12/c1-31(57-9)45(67)63-43(55(3,4)5)51(73)65-29-37(27-39(65)49(71)61-41(53(75)77-11)33-19-15-13-16-20-33)59-47(69)35-23-25-36(26-24-35)48(70)60-38-28-40(50(72)62-42(54(76)78-12)34-21-17-14-18-22-34)66(30-38)52(74)44(56(6,7)8)64-46(68)32(2)58-10/h13-26,31-32,37-44,51,57-58,73H,27-30H2,1-12H3,(H,59,69)(H,60,70)(H,61,71)(H,62,72)(H,63,67)(H,64,68). The van der Waals surface area contributed by atoms with Crippen LogP contribution in [-0.4, -0.2) is 164 Å². The first-order chi connectivity index (χ1) is 36.7. The molecule has 3 aromatic carbocycles. The highest BCUT2D eigenvalue weighted by Crippen LogP contribution is 2.31. The van der Waals surface area contributed by atoms with E-state index < -0.39 is 125 Å². The number of nitrogens with zero attached hydrogens (tertiary/aromatic N) is 2. The number of carbonyl (C=O) groups is 9. The van der Waals surface area contributed by atoms with E-state index in [0.29, 0.717) is 11.1 Å². The van der Waals surface area contributed by atoms with Crippen LogP contribution in [0.3, 0.4) is 0 Å². The lowest BCUT2D eigenvalue weighted by atomic mass is 9.84. The van der Waals surface area contributed by atoms with Crippen molar-refractivity contribution < 1.29 is 57.7 Å². The zero-order valence-electron chi connectivity index (χ0n) is 46.6. The maximum Gasteiger partial charge on any atom is 0.333 e. The maximum absolute atomic E-state index is 14.6. The zero-order valence-corrected chi connectivity index (χ0v) is 46.6. The number of methoxy groups -OCH3 is 2. The van der Waals surface area contributed by atoms with Crippen molar-refractivity contribution in [1.29, 1.82) is 0 Å². The first kappa shape index (κ1) is 61.6. The summed E-state index contributed by atoms with van der Waals surface area (Å²) in [6, 6.07) is 13.1. The van der Waals surface area contributed by atoms with Crippen LogP contribution >= 0.6 is 0 Å². The van der Waals surface area contributed by atoms with Gasteiger partial charge in [-0.2, -0.15) is 0 Å². The molecule has 22 nitrogen and oxygen atoms in total. The fourth-order valence-electron chi connectivity index (χ4n) is 9.37. The molecule has 0 bridgehead atoms. The van der Waals surface area contributed by atoms with Crippen LogP contribution < -0.4 is 42.5 Å². The SMILES string of the molecule is CNC(C)C(=O)NC(C(=O)N1CC(NC(=O)c2ccc(C(=O)NC3CC(C(=O)NC(C(=O)OC)c4ccccc4)N(C(O)C(NC(=O)C(C)NC)C(C)(C)C)C3)cc2)CC1C(=O)NC(C(=O)OC)c1ccccc1)C(C)(C)C. The van der Waals surface area contributed by atoms with Gasteiger partial charge in [0, 0.05) is 36.3 Å². The predicted molar refractivity (Wildman–Crippen MR) is 289 cm³/mol. The average Bonchev–Trinajstić information content (AvgIpc) is 4.11. The van der Waals surface area contributed by atoms with Gasteiger partial charge in [0.05, 0.1) is 38.4 Å². The van der Waals surface area contributed by atoms with Gasteiger partial charge in [-0.1, -0.05) is 102 Å². The summed E-state index contributed by atoms with van der Waals surface area (Å²) in [6.07, 6.45) is -1.53. The molecule has 0 aliphatic carbocycles. The van der Waals surface area contributed by atoms with E-state index in [4.69, 9.17) is 9.47 Å². The second-order valence-electron chi connectivity index (χ2n) is 22.0. The molecule has 11 atom stereocenters. The highest BCUT2D eigenvalue weighted by molar-refractivity contribution is 5.99. The van der Waals surface area contributed by atoms with Gasteiger partial charge < -0.3 is 62.0 Å². The van der Waals surface area contributed by atoms with Crippen LogP contribution in [0.25, 0.3) is 0 Å². The summed E-state index contributed by atoms with van der Waals surface area (Å²) in [5.74, 6) is -5.36. The summed E-state index contributed by atoms with van der Waals surface area (Å²) >= 11 is 0. The Morgan fingerprint density at radius 3 is 1.38 bits per heavy atom. The van der Waals surface area contributed by atoms with E-state index >= 15 is 0 Å². The van der Waals surface area contributed by atoms with E-state index in [9.17, 15) is 48.3 Å². The van der Waals surface area contributed by atoms with Crippen LogP contribution in [0.1, 0.15) is 112 Å². The summed E-state index contributed by atoms with van der Waals surface area (Å²) in [7, 11) is 5.62. The Morgan fingerprint density at radius 1 is 0.564 bits per heavy atom. The molecule has 2 aliphatic rings. The van der Waals surface area contributed by atoms with Crippen molar-refractivity contribution in [2.24, 2.45) is 10.8 Å². The number of hydrogen-bond donors (Lipinski definition) is 9. The van der Waals surface area contributed by atoms with E-state index in [1.54, 1.807) is 109 Å². The summed E-state index contributed by atoms with van der Waals surface area (Å²) in [5.41, 5.74) is -0.382. The third-order valence-corrected chi connectivity index (χ3v) is 14.2. The number of aliphatic hydroxyl groups excluding tert-OH is 1. The molecule has 2 heterocycles. The number of ether oxygens (including phenoxy) is 2. The van der Waals surface area contributed by atoms with Crippen molar-refractivity contribution in [3.8, 4) is 0 Å². The van der Waals surface area contributed by atoms with E-state index in [0.717, 1.165) is 0 Å². The van der Waals surface area contributed by atoms with Crippen LogP contribution in [0.2, 0.25) is 0 Å². The van der Waals surface area contributed by atoms with E-state index in [1.165, 1.54) is 48.3 Å². The van der Waals surface area contributed by atoms with Gasteiger partial charge in [-0.25, -0.2) is 9.59 Å². The zero-order chi connectivity index (χ0) is 57.8. The molecule has 78 heavy (non-hydrogen) atoms. The number of benzene rings is 3. The van der Waals surface area contributed by atoms with Gasteiger partial charge in [0.25, 0.3) is 11.8 Å². The highest BCUT2D eigenvalue weighted by atomic mass is 16.5. The molecule has 5 rings (SSSR count). The molecule has 7 amide bonds. The maximum atomic E-state index is 14.6. The summed E-state index contributed by atoms with van der Waals surface area (Å²) in [5, 5.41) is 35.0. The molecule has 3 aromatic rings. The monoisotopic (exact) mass is 1080 g/mol. The number of likely N-dealkylation sites (N-methyl/N-ethyl adjacent to an activating group) is 2. The van der Waals surface area contributed by atoms with E-state index in [-0.39, 0.29) is 43.0 Å². The predicted octanol–water partition coefficient (Wildman–Crippen LogP) is 1.22. The Kier molecular flexibility index (Phi) is 21.2. The van der Waals surface area contributed by atoms with Crippen LogP contribution in [0.5, 0.6) is 0 Å². The molecular weight excluding hydrogens is 1000 g/mol. The number of likely N-dealkylation sites (tertiary alicyclic amines) is 2. The largest absolute Gasteiger partial charge is 0.467 e. The van der Waals surface area contributed by atoms with Crippen molar-refractivity contribution in [2.75, 3.05) is 41.4 Å². The Labute approximate surface area is 456 Å². The summed E-state index contributed by atoms with van der Waals surface area (Å²) < 4.78 is 10.1. The minimum absolute atomic E-state index is 0.0109. The lowest BCUT2D eigenvalue weighted by Gasteiger charge is -2.41. The van der Waals surface area contributed by atoms with Crippen LogP contribution in [-0.2, 0) is 43.0 Å². The second-order valence-corrected chi connectivity index (χ2v) is 22.0. The number of rotatable bonds is 21. The third-order valence-electron chi connectivity index (χ3n) is 14.2. The summed E-state index contributed by atoms with van der Waals surface area (Å²) in [4.78, 5) is 126. The molecule has 424 valence electrons. The first-order valence-corrected chi connectivity index (χ1v) is 26.0. The highest BCUT2D eigenvalue weighted by Gasteiger charge is 2.48. The van der Waals surface area contributed by atoms with Crippen molar-refractivity contribution in [3.63, 3.8) is 0 Å². The molecule has 2 aliphatic heterocycles. The fourth-order valence-corrected chi connectivity index (χ4v) is 9.37. The normalized spacial score (nSPS) is 20.3. The molecule has 0 spiro atoms. The number of amides is 7. The van der Waals surface area contributed by atoms with Gasteiger partial charge in [-0.15, -0.1) is 0 Å². The van der Waals surface area contributed by atoms with Gasteiger partial charge in [0.2, 0.25) is 29.5 Å². The van der Waals surface area contributed by atoms with Gasteiger partial charge in [-0.3, -0.25) is 38.5 Å². The number of aliphatic hydroxyl groups is 1. The molecule has 22 heteroatoms. The Bertz CT molecular complexity index is 2610. The van der Waals surface area contributed by atoms with E-state index in [1.807, 2.05) is 20.8 Å². The minimum Gasteiger partial charge on any atom is -0.467 e.